The van der Waals surface area contributed by atoms with Gasteiger partial charge in [-0.05, 0) is 48.6 Å². The number of carbonyl (C=O) groups excluding carboxylic acids is 2. The lowest BCUT2D eigenvalue weighted by atomic mass is 10.1. The van der Waals surface area contributed by atoms with E-state index in [1.54, 1.807) is 4.90 Å². The Morgan fingerprint density at radius 2 is 1.78 bits per heavy atom. The minimum absolute atomic E-state index is 0.0581. The van der Waals surface area contributed by atoms with Crippen molar-refractivity contribution in [2.45, 2.75) is 63.4 Å². The van der Waals surface area contributed by atoms with Gasteiger partial charge in [0.2, 0.25) is 11.8 Å². The van der Waals surface area contributed by atoms with Gasteiger partial charge in [-0.25, -0.2) is 0 Å². The highest BCUT2D eigenvalue weighted by Crippen LogP contribution is 2.23. The van der Waals surface area contributed by atoms with E-state index < -0.39 is 6.04 Å². The topological polar surface area (TPSA) is 49.4 Å². The third-order valence-corrected chi connectivity index (χ3v) is 7.40. The van der Waals surface area contributed by atoms with E-state index in [-0.39, 0.29) is 17.9 Å². The Balaban J connectivity index is 1.70. The van der Waals surface area contributed by atoms with Crippen LogP contribution in [0.25, 0.3) is 0 Å². The van der Waals surface area contributed by atoms with Crippen LogP contribution in [0.5, 0.6) is 0 Å². The molecule has 2 amide bonds. The molecule has 0 bridgehead atoms. The molecular formula is C25H30Cl2N2O2S. The summed E-state index contributed by atoms with van der Waals surface area (Å²) < 4.78 is 0. The highest BCUT2D eigenvalue weighted by molar-refractivity contribution is 7.99. The number of halogens is 2. The van der Waals surface area contributed by atoms with Gasteiger partial charge in [0.25, 0.3) is 0 Å². The van der Waals surface area contributed by atoms with Gasteiger partial charge in [-0.1, -0.05) is 73.3 Å². The van der Waals surface area contributed by atoms with Gasteiger partial charge in [-0.3, -0.25) is 9.59 Å². The molecule has 32 heavy (non-hydrogen) atoms. The second-order valence-electron chi connectivity index (χ2n) is 8.15. The van der Waals surface area contributed by atoms with Crippen LogP contribution in [0.1, 0.15) is 50.2 Å². The van der Waals surface area contributed by atoms with Gasteiger partial charge in [-0.2, -0.15) is 0 Å². The van der Waals surface area contributed by atoms with Gasteiger partial charge >= 0.3 is 0 Å². The van der Waals surface area contributed by atoms with Gasteiger partial charge in [0.1, 0.15) is 6.04 Å². The van der Waals surface area contributed by atoms with Crippen LogP contribution < -0.4 is 5.32 Å². The van der Waals surface area contributed by atoms with Crippen molar-refractivity contribution < 1.29 is 9.59 Å². The average Bonchev–Trinajstić information content (AvgIpc) is 3.29. The maximum absolute atomic E-state index is 13.3. The van der Waals surface area contributed by atoms with Crippen molar-refractivity contribution in [2.75, 3.05) is 5.75 Å². The standard InChI is InChI=1S/C25H30Cl2N2O2S/c1-2-23(25(31)28-21-8-4-5-9-21)29(15-19-7-3-6-10-22(19)27)24(30)17-32-16-18-11-13-20(26)14-12-18/h3,6-7,10-14,21,23H,2,4-5,8-9,15-17H2,1H3,(H,28,31). The summed E-state index contributed by atoms with van der Waals surface area (Å²) in [5.74, 6) is 0.869. The molecule has 4 nitrogen and oxygen atoms in total. The summed E-state index contributed by atoms with van der Waals surface area (Å²) in [6.45, 7) is 2.27. The van der Waals surface area contributed by atoms with Crippen molar-refractivity contribution in [2.24, 2.45) is 0 Å². The van der Waals surface area contributed by atoms with Crippen molar-refractivity contribution in [1.82, 2.24) is 10.2 Å². The smallest absolute Gasteiger partial charge is 0.243 e. The maximum Gasteiger partial charge on any atom is 0.243 e. The molecule has 2 aromatic rings. The van der Waals surface area contributed by atoms with E-state index in [9.17, 15) is 9.59 Å². The van der Waals surface area contributed by atoms with Crippen LogP contribution in [0.4, 0.5) is 0 Å². The molecule has 1 aliphatic carbocycles. The van der Waals surface area contributed by atoms with Gasteiger partial charge in [0, 0.05) is 28.4 Å². The summed E-state index contributed by atoms with van der Waals surface area (Å²) in [5, 5.41) is 4.46. The van der Waals surface area contributed by atoms with E-state index in [0.29, 0.717) is 34.5 Å². The number of nitrogens with zero attached hydrogens (tertiary/aromatic N) is 1. The molecule has 1 N–H and O–H groups in total. The summed E-state index contributed by atoms with van der Waals surface area (Å²) in [7, 11) is 0. The molecule has 1 fully saturated rings. The predicted octanol–water partition coefficient (Wildman–Crippen LogP) is 6.09. The summed E-state index contributed by atoms with van der Waals surface area (Å²) in [5.41, 5.74) is 1.95. The van der Waals surface area contributed by atoms with Crippen LogP contribution in [-0.4, -0.2) is 34.6 Å². The number of amides is 2. The largest absolute Gasteiger partial charge is 0.352 e. The fraction of sp³-hybridized carbons (Fsp3) is 0.440. The summed E-state index contributed by atoms with van der Waals surface area (Å²) in [6, 6.07) is 14.8. The monoisotopic (exact) mass is 492 g/mol. The Kier molecular flexibility index (Phi) is 9.76. The first-order valence-corrected chi connectivity index (χ1v) is 13.0. The zero-order valence-corrected chi connectivity index (χ0v) is 20.7. The first-order chi connectivity index (χ1) is 15.5. The van der Waals surface area contributed by atoms with E-state index >= 15 is 0 Å². The Hall–Kier alpha value is -1.69. The lowest BCUT2D eigenvalue weighted by molar-refractivity contribution is -0.139. The number of nitrogens with one attached hydrogen (secondary N) is 1. The van der Waals surface area contributed by atoms with Crippen LogP contribution >= 0.6 is 35.0 Å². The Morgan fingerprint density at radius 3 is 2.44 bits per heavy atom. The van der Waals surface area contributed by atoms with E-state index in [0.717, 1.165) is 36.8 Å². The van der Waals surface area contributed by atoms with Gasteiger partial charge < -0.3 is 10.2 Å². The Morgan fingerprint density at radius 1 is 1.09 bits per heavy atom. The number of thioether (sulfide) groups is 1. The lowest BCUT2D eigenvalue weighted by Gasteiger charge is -2.31. The van der Waals surface area contributed by atoms with Crippen molar-refractivity contribution in [3.8, 4) is 0 Å². The molecule has 172 valence electrons. The molecular weight excluding hydrogens is 463 g/mol. The minimum Gasteiger partial charge on any atom is -0.352 e. The lowest BCUT2D eigenvalue weighted by Crippen LogP contribution is -2.51. The summed E-state index contributed by atoms with van der Waals surface area (Å²) in [4.78, 5) is 28.1. The van der Waals surface area contributed by atoms with Crippen molar-refractivity contribution in [3.63, 3.8) is 0 Å². The molecule has 3 rings (SSSR count). The van der Waals surface area contributed by atoms with Crippen LogP contribution in [0, 0.1) is 0 Å². The Bertz CT molecular complexity index is 901. The van der Waals surface area contributed by atoms with Crippen molar-refractivity contribution in [1.29, 1.82) is 0 Å². The van der Waals surface area contributed by atoms with Crippen LogP contribution in [0.3, 0.4) is 0 Å². The first-order valence-electron chi connectivity index (χ1n) is 11.1. The van der Waals surface area contributed by atoms with Crippen LogP contribution in [0.2, 0.25) is 10.0 Å². The normalized spacial score (nSPS) is 14.8. The maximum atomic E-state index is 13.3. The number of rotatable bonds is 10. The van der Waals surface area contributed by atoms with Crippen LogP contribution in [0.15, 0.2) is 48.5 Å². The average molecular weight is 494 g/mol. The zero-order chi connectivity index (χ0) is 22.9. The highest BCUT2D eigenvalue weighted by Gasteiger charge is 2.30. The molecule has 1 aliphatic rings. The molecule has 0 aliphatic heterocycles. The number of benzene rings is 2. The minimum atomic E-state index is -0.518. The molecule has 2 aromatic carbocycles. The first kappa shape index (κ1) is 24.9. The molecule has 0 spiro atoms. The van der Waals surface area contributed by atoms with Crippen LogP contribution in [-0.2, 0) is 21.9 Å². The van der Waals surface area contributed by atoms with E-state index in [4.69, 9.17) is 23.2 Å². The van der Waals surface area contributed by atoms with Gasteiger partial charge in [0.05, 0.1) is 5.75 Å². The quantitative estimate of drug-likeness (QED) is 0.436. The molecule has 0 saturated heterocycles. The van der Waals surface area contributed by atoms with Crippen molar-refractivity contribution >= 4 is 46.8 Å². The molecule has 1 saturated carbocycles. The predicted molar refractivity (Wildman–Crippen MR) is 134 cm³/mol. The zero-order valence-electron chi connectivity index (χ0n) is 18.4. The molecule has 7 heteroatoms. The highest BCUT2D eigenvalue weighted by atomic mass is 35.5. The van der Waals surface area contributed by atoms with Crippen molar-refractivity contribution in [3.05, 3.63) is 69.7 Å². The SMILES string of the molecule is CCC(C(=O)NC1CCCC1)N(Cc1ccccc1Cl)C(=O)CSCc1ccc(Cl)cc1. The Labute approximate surface area is 205 Å². The summed E-state index contributed by atoms with van der Waals surface area (Å²) in [6.07, 6.45) is 4.86. The number of hydrogen-bond donors (Lipinski definition) is 1. The molecule has 0 heterocycles. The van der Waals surface area contributed by atoms with Gasteiger partial charge in [0.15, 0.2) is 0 Å². The third-order valence-electron chi connectivity index (χ3n) is 5.79. The molecule has 0 aromatic heterocycles. The molecule has 0 radical (unpaired) electrons. The summed E-state index contributed by atoms with van der Waals surface area (Å²) >= 11 is 13.9. The number of carbonyl (C=O) groups is 2. The van der Waals surface area contributed by atoms with E-state index in [1.165, 1.54) is 11.8 Å². The molecule has 1 atom stereocenters. The van der Waals surface area contributed by atoms with Gasteiger partial charge in [-0.15, -0.1) is 11.8 Å². The van der Waals surface area contributed by atoms with E-state index in [2.05, 4.69) is 5.32 Å². The fourth-order valence-electron chi connectivity index (χ4n) is 4.02. The number of hydrogen-bond acceptors (Lipinski definition) is 3. The fourth-order valence-corrected chi connectivity index (χ4v) is 5.21. The molecule has 1 unspecified atom stereocenters. The second-order valence-corrected chi connectivity index (χ2v) is 9.98. The third kappa shape index (κ3) is 7.16. The second kappa shape index (κ2) is 12.5. The van der Waals surface area contributed by atoms with E-state index in [1.807, 2.05) is 55.5 Å².